The van der Waals surface area contributed by atoms with E-state index in [1.807, 2.05) is 30.3 Å². The van der Waals surface area contributed by atoms with Crippen molar-refractivity contribution in [1.82, 2.24) is 5.32 Å². The molecule has 0 bridgehead atoms. The van der Waals surface area contributed by atoms with Crippen molar-refractivity contribution in [2.75, 3.05) is 0 Å². The molecule has 0 aromatic heterocycles. The van der Waals surface area contributed by atoms with Crippen LogP contribution >= 0.6 is 0 Å². The van der Waals surface area contributed by atoms with Crippen LogP contribution in [0.3, 0.4) is 0 Å². The Morgan fingerprint density at radius 2 is 1.95 bits per heavy atom. The van der Waals surface area contributed by atoms with E-state index < -0.39 is 12.0 Å². The fourth-order valence-electron chi connectivity index (χ4n) is 1.49. The molecule has 1 rings (SSSR count). The van der Waals surface area contributed by atoms with Gasteiger partial charge in [-0.3, -0.25) is 0 Å². The molecule has 0 aliphatic heterocycles. The molecule has 4 N–H and O–H groups in total. The molecule has 1 atom stereocenters. The van der Waals surface area contributed by atoms with Crippen molar-refractivity contribution in [2.45, 2.75) is 36.1 Å². The zero-order valence-electron chi connectivity index (χ0n) is 11.2. The first-order chi connectivity index (χ1) is 9.59. The average molecular weight is 343 g/mol. The van der Waals surface area contributed by atoms with Crippen LogP contribution < -0.4 is 11.1 Å². The third kappa shape index (κ3) is 7.28. The van der Waals surface area contributed by atoms with Gasteiger partial charge in [-0.25, -0.2) is 0 Å². The number of carboxylic acids is 1. The van der Waals surface area contributed by atoms with Gasteiger partial charge in [-0.1, -0.05) is 0 Å². The van der Waals surface area contributed by atoms with Gasteiger partial charge in [-0.05, 0) is 0 Å². The van der Waals surface area contributed by atoms with Crippen molar-refractivity contribution in [1.29, 1.82) is 0 Å². The minimum atomic E-state index is -0.957. The van der Waals surface area contributed by atoms with Gasteiger partial charge in [0.1, 0.15) is 0 Å². The first-order valence-corrected chi connectivity index (χ1v) is 8.88. The van der Waals surface area contributed by atoms with Gasteiger partial charge in [0.2, 0.25) is 0 Å². The zero-order valence-corrected chi connectivity index (χ0v) is 13.0. The van der Waals surface area contributed by atoms with Gasteiger partial charge < -0.3 is 0 Å². The molecule has 1 amide bonds. The fraction of sp³-hybridized carbons (Fsp3) is 0.429. The van der Waals surface area contributed by atoms with Crippen molar-refractivity contribution in [3.05, 3.63) is 35.9 Å². The van der Waals surface area contributed by atoms with Crippen molar-refractivity contribution in [3.8, 4) is 0 Å². The van der Waals surface area contributed by atoms with E-state index in [1.54, 1.807) is 0 Å². The third-order valence-corrected chi connectivity index (χ3v) is 4.83. The number of nitrogens with one attached hydrogen (secondary N) is 1. The van der Waals surface area contributed by atoms with E-state index in [0.717, 1.165) is 16.2 Å². The van der Waals surface area contributed by atoms with E-state index in [2.05, 4.69) is 5.32 Å². The van der Waals surface area contributed by atoms with Crippen LogP contribution in [0.2, 0.25) is 10.6 Å². The molecule has 110 valence electrons. The average Bonchev–Trinajstić information content (AvgIpc) is 2.45. The molecule has 0 spiro atoms. The summed E-state index contributed by atoms with van der Waals surface area (Å²) >= 11 is 0.275. The second-order valence-corrected chi connectivity index (χ2v) is 6.93. The second-order valence-electron chi connectivity index (χ2n) is 4.36. The van der Waals surface area contributed by atoms with Crippen molar-refractivity contribution in [2.24, 2.45) is 5.73 Å². The summed E-state index contributed by atoms with van der Waals surface area (Å²) in [5.41, 5.74) is 6.48. The van der Waals surface area contributed by atoms with Crippen molar-refractivity contribution in [3.63, 3.8) is 0 Å². The number of nitrogens with two attached hydrogens (primary N) is 1. The number of carbonyl (C=O) groups excluding carboxylic acids is 1. The molecular formula is C14H20N2O3Se. The number of carboxylic acid groups (broad SMARTS) is 1. The number of hydrogen-bond acceptors (Lipinski definition) is 3. The predicted octanol–water partition coefficient (Wildman–Crippen LogP) is 1.04. The molecule has 1 aromatic carbocycles. The molecule has 0 radical (unpaired) electrons. The zero-order chi connectivity index (χ0) is 14.8. The summed E-state index contributed by atoms with van der Waals surface area (Å²) in [6, 6.07) is 8.99. The number of carbonyl (C=O) groups is 2. The van der Waals surface area contributed by atoms with E-state index in [1.165, 1.54) is 0 Å². The summed E-state index contributed by atoms with van der Waals surface area (Å²) in [6.07, 6.45) is 0.982. The number of hydrogen-bond donors (Lipinski definition) is 3. The van der Waals surface area contributed by atoms with E-state index >= 15 is 0 Å². The molecule has 1 aromatic rings. The van der Waals surface area contributed by atoms with Gasteiger partial charge in [0, 0.05) is 0 Å². The standard InChI is InChI=1S/C14H20N2O3Se/c15-12(14(18)19)6-8-20-9-7-13(17)16-10-11-4-2-1-3-5-11/h1-5,12H,6-10,15H2,(H,16,17)(H,18,19). The molecule has 0 aliphatic carbocycles. The van der Waals surface area contributed by atoms with E-state index in [4.69, 9.17) is 10.8 Å². The van der Waals surface area contributed by atoms with E-state index in [0.29, 0.717) is 19.4 Å². The predicted molar refractivity (Wildman–Crippen MR) is 78.5 cm³/mol. The minimum absolute atomic E-state index is 0.0401. The molecule has 1 unspecified atom stereocenters. The van der Waals surface area contributed by atoms with Crippen LogP contribution in [0.1, 0.15) is 18.4 Å². The van der Waals surface area contributed by atoms with Crippen LogP contribution in [0.25, 0.3) is 0 Å². The molecule has 20 heavy (non-hydrogen) atoms. The molecule has 0 aliphatic rings. The number of aliphatic carboxylic acids is 1. The quantitative estimate of drug-likeness (QED) is 0.461. The monoisotopic (exact) mass is 344 g/mol. The number of amides is 1. The Bertz CT molecular complexity index is 426. The SMILES string of the molecule is NC(CC[Se]CCC(=O)NCc1ccccc1)C(=O)O. The van der Waals surface area contributed by atoms with Crippen LogP contribution in [0, 0.1) is 0 Å². The fourth-order valence-corrected chi connectivity index (χ4v) is 3.49. The van der Waals surface area contributed by atoms with Gasteiger partial charge >= 0.3 is 125 Å². The van der Waals surface area contributed by atoms with Crippen LogP contribution in [0.15, 0.2) is 30.3 Å². The number of rotatable bonds is 9. The molecule has 6 heteroatoms. The van der Waals surface area contributed by atoms with E-state index in [-0.39, 0.29) is 20.9 Å². The van der Waals surface area contributed by atoms with E-state index in [9.17, 15) is 9.59 Å². The van der Waals surface area contributed by atoms with Crippen molar-refractivity contribution < 1.29 is 14.7 Å². The summed E-state index contributed by atoms with van der Waals surface area (Å²) in [7, 11) is 0. The normalized spacial score (nSPS) is 11.8. The van der Waals surface area contributed by atoms with Gasteiger partial charge in [-0.15, -0.1) is 0 Å². The van der Waals surface area contributed by atoms with Crippen molar-refractivity contribution >= 4 is 26.8 Å². The Kier molecular flexibility index (Phi) is 7.95. The van der Waals surface area contributed by atoms with Gasteiger partial charge in [0.25, 0.3) is 0 Å². The molecule has 0 saturated heterocycles. The second kappa shape index (κ2) is 9.53. The van der Waals surface area contributed by atoms with Gasteiger partial charge in [-0.2, -0.15) is 0 Å². The maximum absolute atomic E-state index is 11.6. The van der Waals surface area contributed by atoms with Crippen LogP contribution in [-0.4, -0.2) is 38.0 Å². The van der Waals surface area contributed by atoms with Crippen LogP contribution in [-0.2, 0) is 16.1 Å². The number of benzene rings is 1. The third-order valence-electron chi connectivity index (χ3n) is 2.70. The molecule has 5 nitrogen and oxygen atoms in total. The summed E-state index contributed by atoms with van der Waals surface area (Å²) in [6.45, 7) is 0.552. The van der Waals surface area contributed by atoms with Crippen LogP contribution in [0.4, 0.5) is 0 Å². The first-order valence-electron chi connectivity index (χ1n) is 6.46. The van der Waals surface area contributed by atoms with Gasteiger partial charge in [0.05, 0.1) is 0 Å². The molecular weight excluding hydrogens is 323 g/mol. The Morgan fingerprint density at radius 1 is 1.25 bits per heavy atom. The molecule has 0 saturated carbocycles. The summed E-state index contributed by atoms with van der Waals surface area (Å²) in [5, 5.41) is 13.1. The maximum atomic E-state index is 11.6. The molecule has 0 heterocycles. The Hall–Kier alpha value is -1.36. The Labute approximate surface area is 125 Å². The Morgan fingerprint density at radius 3 is 2.60 bits per heavy atom. The molecule has 0 fully saturated rings. The Balaban J connectivity index is 2.05. The first kappa shape index (κ1) is 16.7. The summed E-state index contributed by atoms with van der Waals surface area (Å²) < 4.78 is 0. The summed E-state index contributed by atoms with van der Waals surface area (Å²) in [4.78, 5) is 22.1. The topological polar surface area (TPSA) is 92.4 Å². The summed E-state index contributed by atoms with van der Waals surface area (Å²) in [5.74, 6) is -0.917. The van der Waals surface area contributed by atoms with Crippen LogP contribution in [0.5, 0.6) is 0 Å². The van der Waals surface area contributed by atoms with Gasteiger partial charge in [0.15, 0.2) is 0 Å².